The first-order valence-corrected chi connectivity index (χ1v) is 11.8. The number of nitrogens with zero attached hydrogens (tertiary/aromatic N) is 7. The molecule has 0 amide bonds. The van der Waals surface area contributed by atoms with Crippen LogP contribution in [0.25, 0.3) is 22.2 Å². The summed E-state index contributed by atoms with van der Waals surface area (Å²) < 4.78 is 16.5. The molecule has 1 aliphatic carbocycles. The van der Waals surface area contributed by atoms with E-state index in [1.165, 1.54) is 10.7 Å². The Morgan fingerprint density at radius 1 is 1.14 bits per heavy atom. The van der Waals surface area contributed by atoms with Crippen molar-refractivity contribution in [3.8, 4) is 17.1 Å². The molecule has 4 aromatic heterocycles. The van der Waals surface area contributed by atoms with Gasteiger partial charge < -0.3 is 14.8 Å². The van der Waals surface area contributed by atoms with Crippen LogP contribution < -0.4 is 15.6 Å². The summed E-state index contributed by atoms with van der Waals surface area (Å²) in [5.74, 6) is 1.28. The van der Waals surface area contributed by atoms with E-state index in [4.69, 9.17) is 14.6 Å². The van der Waals surface area contributed by atoms with Crippen LogP contribution in [-0.2, 0) is 18.3 Å². The van der Waals surface area contributed by atoms with Crippen molar-refractivity contribution in [3.63, 3.8) is 0 Å². The van der Waals surface area contributed by atoms with Crippen LogP contribution in [-0.4, -0.2) is 61.2 Å². The number of hydrogen-bond acceptors (Lipinski definition) is 8. The van der Waals surface area contributed by atoms with Gasteiger partial charge in [0.05, 0.1) is 30.9 Å². The monoisotopic (exact) mass is 478 g/mol. The highest BCUT2D eigenvalue weighted by atomic mass is 16.5. The average molecular weight is 479 g/mol. The summed E-state index contributed by atoms with van der Waals surface area (Å²) in [5.41, 5.74) is 2.76. The maximum absolute atomic E-state index is 12.0. The standard InChI is InChI=1S/C24H30N8O3/c1-25-21-12-20-19(14-26-21)24(16-13-27-30(2)15-16)29-32(20)17-4-6-18(7-5-17)35-22-8-9-23(33)31(28-22)10-11-34-3/h8-9,12-15,17-18H,4-7,10-11H2,1-3H3,(H,25,26). The van der Waals surface area contributed by atoms with Crippen LogP contribution in [0.3, 0.4) is 0 Å². The molecule has 1 fully saturated rings. The lowest BCUT2D eigenvalue weighted by Crippen LogP contribution is -2.29. The minimum absolute atomic E-state index is 0.0429. The van der Waals surface area contributed by atoms with Crippen molar-refractivity contribution in [2.75, 3.05) is 26.1 Å². The van der Waals surface area contributed by atoms with Gasteiger partial charge in [0, 0.05) is 62.7 Å². The van der Waals surface area contributed by atoms with Crippen LogP contribution in [0, 0.1) is 0 Å². The first-order chi connectivity index (χ1) is 17.1. The van der Waals surface area contributed by atoms with Gasteiger partial charge in [0.25, 0.3) is 5.56 Å². The Morgan fingerprint density at radius 3 is 2.69 bits per heavy atom. The van der Waals surface area contributed by atoms with Crippen LogP contribution in [0.2, 0.25) is 0 Å². The van der Waals surface area contributed by atoms with Gasteiger partial charge in [-0.1, -0.05) is 0 Å². The SMILES string of the molecule is CNc1cc2c(cn1)c(-c1cnn(C)c1)nn2C1CCC(Oc2ccc(=O)n(CCOC)n2)CC1. The van der Waals surface area contributed by atoms with Gasteiger partial charge in [0.2, 0.25) is 5.88 Å². The molecular weight excluding hydrogens is 448 g/mol. The third-order valence-corrected chi connectivity index (χ3v) is 6.45. The van der Waals surface area contributed by atoms with E-state index in [1.807, 2.05) is 32.7 Å². The minimum atomic E-state index is -0.163. The molecule has 0 atom stereocenters. The summed E-state index contributed by atoms with van der Waals surface area (Å²) in [5, 5.41) is 17.8. The van der Waals surface area contributed by atoms with E-state index in [9.17, 15) is 4.79 Å². The molecule has 11 nitrogen and oxygen atoms in total. The van der Waals surface area contributed by atoms with Crippen molar-refractivity contribution in [1.29, 1.82) is 0 Å². The molecule has 0 unspecified atom stereocenters. The zero-order valence-corrected chi connectivity index (χ0v) is 20.2. The van der Waals surface area contributed by atoms with E-state index in [0.29, 0.717) is 19.0 Å². The number of hydrogen-bond donors (Lipinski definition) is 1. The summed E-state index contributed by atoms with van der Waals surface area (Å²) in [7, 11) is 5.37. The Bertz CT molecular complexity index is 1370. The number of nitrogens with one attached hydrogen (secondary N) is 1. The van der Waals surface area contributed by atoms with Crippen molar-refractivity contribution in [3.05, 3.63) is 47.1 Å². The average Bonchev–Trinajstić information content (AvgIpc) is 3.48. The highest BCUT2D eigenvalue weighted by Crippen LogP contribution is 2.36. The molecule has 35 heavy (non-hydrogen) atoms. The third-order valence-electron chi connectivity index (χ3n) is 6.45. The molecule has 4 aromatic rings. The van der Waals surface area contributed by atoms with Gasteiger partial charge in [-0.25, -0.2) is 9.67 Å². The zero-order valence-electron chi connectivity index (χ0n) is 20.2. The molecule has 0 saturated heterocycles. The van der Waals surface area contributed by atoms with Crippen LogP contribution in [0.15, 0.2) is 41.6 Å². The number of anilines is 1. The molecule has 0 aliphatic heterocycles. The predicted molar refractivity (Wildman–Crippen MR) is 132 cm³/mol. The second kappa shape index (κ2) is 9.87. The molecule has 4 heterocycles. The molecule has 0 spiro atoms. The largest absolute Gasteiger partial charge is 0.473 e. The fraction of sp³-hybridized carbons (Fsp3) is 0.458. The summed E-state index contributed by atoms with van der Waals surface area (Å²) >= 11 is 0. The van der Waals surface area contributed by atoms with Gasteiger partial charge >= 0.3 is 0 Å². The number of pyridine rings is 1. The summed E-state index contributed by atoms with van der Waals surface area (Å²) in [4.78, 5) is 16.5. The van der Waals surface area contributed by atoms with Crippen LogP contribution in [0.5, 0.6) is 5.88 Å². The Morgan fingerprint density at radius 2 is 1.97 bits per heavy atom. The molecule has 1 N–H and O–H groups in total. The molecule has 1 saturated carbocycles. The van der Waals surface area contributed by atoms with Gasteiger partial charge in [-0.15, -0.1) is 5.10 Å². The third kappa shape index (κ3) is 4.76. The summed E-state index contributed by atoms with van der Waals surface area (Å²) in [6, 6.07) is 5.44. The molecule has 5 rings (SSSR count). The topological polar surface area (TPSA) is 114 Å². The summed E-state index contributed by atoms with van der Waals surface area (Å²) in [6.45, 7) is 0.819. The minimum Gasteiger partial charge on any atom is -0.473 e. The van der Waals surface area contributed by atoms with E-state index < -0.39 is 0 Å². The van der Waals surface area contributed by atoms with Gasteiger partial charge in [0.15, 0.2) is 0 Å². The first kappa shape index (κ1) is 23.0. The fourth-order valence-electron chi connectivity index (χ4n) is 4.61. The van der Waals surface area contributed by atoms with Crippen molar-refractivity contribution in [1.82, 2.24) is 34.3 Å². The highest BCUT2D eigenvalue weighted by molar-refractivity contribution is 5.93. The van der Waals surface area contributed by atoms with Gasteiger partial charge in [-0.3, -0.25) is 14.2 Å². The Labute approximate surface area is 202 Å². The first-order valence-electron chi connectivity index (χ1n) is 11.8. The molecular formula is C24H30N8O3. The van der Waals surface area contributed by atoms with Crippen molar-refractivity contribution >= 4 is 16.7 Å². The van der Waals surface area contributed by atoms with E-state index >= 15 is 0 Å². The molecule has 1 aliphatic rings. The Balaban J connectivity index is 1.34. The predicted octanol–water partition coefficient (Wildman–Crippen LogP) is 2.64. The second-order valence-corrected chi connectivity index (χ2v) is 8.81. The normalized spacial score (nSPS) is 18.1. The number of ether oxygens (including phenoxy) is 2. The second-order valence-electron chi connectivity index (χ2n) is 8.81. The molecule has 11 heteroatoms. The fourth-order valence-corrected chi connectivity index (χ4v) is 4.61. The molecule has 0 radical (unpaired) electrons. The van der Waals surface area contributed by atoms with Gasteiger partial charge in [-0.05, 0) is 25.7 Å². The number of aryl methyl sites for hydroxylation is 1. The lowest BCUT2D eigenvalue weighted by Gasteiger charge is -2.29. The Hall–Kier alpha value is -3.73. The summed E-state index contributed by atoms with van der Waals surface area (Å²) in [6.07, 6.45) is 9.33. The van der Waals surface area contributed by atoms with Crippen LogP contribution in [0.4, 0.5) is 5.82 Å². The van der Waals surface area contributed by atoms with E-state index in [0.717, 1.165) is 53.7 Å². The maximum Gasteiger partial charge on any atom is 0.267 e. The van der Waals surface area contributed by atoms with Crippen LogP contribution in [0.1, 0.15) is 31.7 Å². The lowest BCUT2D eigenvalue weighted by molar-refractivity contribution is 0.121. The number of rotatable bonds is 8. The van der Waals surface area contributed by atoms with Crippen LogP contribution >= 0.6 is 0 Å². The number of aromatic nitrogens is 7. The smallest absolute Gasteiger partial charge is 0.267 e. The van der Waals surface area contributed by atoms with E-state index in [1.54, 1.807) is 17.9 Å². The molecule has 0 bridgehead atoms. The van der Waals surface area contributed by atoms with E-state index in [2.05, 4.69) is 31.2 Å². The van der Waals surface area contributed by atoms with Gasteiger partial charge in [-0.2, -0.15) is 10.2 Å². The highest BCUT2D eigenvalue weighted by Gasteiger charge is 2.27. The number of methoxy groups -OCH3 is 1. The van der Waals surface area contributed by atoms with Crippen molar-refractivity contribution in [2.24, 2.45) is 7.05 Å². The number of fused-ring (bicyclic) bond motifs is 1. The maximum atomic E-state index is 12.0. The van der Waals surface area contributed by atoms with E-state index in [-0.39, 0.29) is 17.7 Å². The van der Waals surface area contributed by atoms with Crippen molar-refractivity contribution in [2.45, 2.75) is 44.4 Å². The quantitative estimate of drug-likeness (QED) is 0.411. The zero-order chi connectivity index (χ0) is 24.4. The Kier molecular flexibility index (Phi) is 6.49. The van der Waals surface area contributed by atoms with Crippen molar-refractivity contribution < 1.29 is 9.47 Å². The molecule has 184 valence electrons. The molecule has 0 aromatic carbocycles. The van der Waals surface area contributed by atoms with Gasteiger partial charge in [0.1, 0.15) is 17.6 Å². The lowest BCUT2D eigenvalue weighted by atomic mass is 9.93.